The molecule has 0 aliphatic rings. The summed E-state index contributed by atoms with van der Waals surface area (Å²) in [6, 6.07) is 19.1. The van der Waals surface area contributed by atoms with Crippen molar-refractivity contribution in [1.82, 2.24) is 4.90 Å². The highest BCUT2D eigenvalue weighted by atomic mass is 19.4. The van der Waals surface area contributed by atoms with Crippen molar-refractivity contribution in [2.75, 3.05) is 27.2 Å². The van der Waals surface area contributed by atoms with Crippen molar-refractivity contribution in [3.63, 3.8) is 0 Å². The van der Waals surface area contributed by atoms with Gasteiger partial charge >= 0.3 is 12.1 Å². The molecule has 0 saturated carbocycles. The van der Waals surface area contributed by atoms with Gasteiger partial charge in [-0.2, -0.15) is 13.2 Å². The predicted molar refractivity (Wildman–Crippen MR) is 118 cm³/mol. The van der Waals surface area contributed by atoms with Crippen molar-refractivity contribution in [2.24, 2.45) is 0 Å². The van der Waals surface area contributed by atoms with E-state index in [1.807, 2.05) is 0 Å². The van der Waals surface area contributed by atoms with Crippen LogP contribution in [0.3, 0.4) is 0 Å². The van der Waals surface area contributed by atoms with Crippen LogP contribution in [-0.4, -0.2) is 49.4 Å². The number of hydrogen-bond acceptors (Lipinski definition) is 3. The Bertz CT molecular complexity index is 801. The molecule has 0 heterocycles. The molecule has 0 aliphatic carbocycles. The van der Waals surface area contributed by atoms with Crippen molar-refractivity contribution in [3.05, 3.63) is 65.7 Å². The fourth-order valence-electron chi connectivity index (χ4n) is 2.53. The number of allylic oxidation sites excluding steroid dienone is 1. The topological polar surface area (TPSA) is 49.8 Å². The molecule has 31 heavy (non-hydrogen) atoms. The number of aliphatic carboxylic acids is 1. The van der Waals surface area contributed by atoms with Gasteiger partial charge in [-0.3, -0.25) is 0 Å². The van der Waals surface area contributed by atoms with E-state index in [2.05, 4.69) is 86.6 Å². The van der Waals surface area contributed by atoms with Crippen LogP contribution in [-0.2, 0) is 4.79 Å². The number of hydrogen-bond donors (Lipinski definition) is 1. The molecule has 2 aromatic rings. The molecule has 0 unspecified atom stereocenters. The van der Waals surface area contributed by atoms with E-state index in [1.165, 1.54) is 29.5 Å². The maximum Gasteiger partial charge on any atom is 0.490 e. The monoisotopic (exact) mass is 437 g/mol. The van der Waals surface area contributed by atoms with Crippen LogP contribution in [0.5, 0.6) is 5.75 Å². The minimum atomic E-state index is -5.08. The average molecular weight is 438 g/mol. The number of benzene rings is 2. The SMILES string of the molecule is CCCC/C(=C\c1ccc(OCCN(C)C)cc1)c1ccccc1.O=C(O)C(F)(F)F. The molecule has 0 bridgehead atoms. The van der Waals surface area contributed by atoms with Crippen molar-refractivity contribution >= 4 is 17.6 Å². The summed E-state index contributed by atoms with van der Waals surface area (Å²) in [5.74, 6) is -1.82. The normalized spacial score (nSPS) is 11.6. The molecule has 2 rings (SSSR count). The standard InChI is InChI=1S/C22H29NO.C2HF3O2/c1-4-5-9-21(20-10-7-6-8-11-20)18-19-12-14-22(15-13-19)24-17-16-23(2)3;3-2(4,5)1(6)7/h6-8,10-15,18H,4-5,9,16-17H2,1-3H3;(H,6,7)/b21-18+;. The zero-order valence-electron chi connectivity index (χ0n) is 18.2. The maximum absolute atomic E-state index is 10.6. The third-order valence-electron chi connectivity index (χ3n) is 4.21. The van der Waals surface area contributed by atoms with Gasteiger partial charge < -0.3 is 14.7 Å². The van der Waals surface area contributed by atoms with Crippen molar-refractivity contribution in [3.8, 4) is 5.75 Å². The number of rotatable bonds is 9. The molecule has 0 fully saturated rings. The van der Waals surface area contributed by atoms with Crippen LogP contribution < -0.4 is 4.74 Å². The molecule has 0 atom stereocenters. The quantitative estimate of drug-likeness (QED) is 0.490. The van der Waals surface area contributed by atoms with Crippen molar-refractivity contribution < 1.29 is 27.8 Å². The number of halogens is 3. The Morgan fingerprint density at radius 2 is 1.65 bits per heavy atom. The lowest BCUT2D eigenvalue weighted by Gasteiger charge is -2.11. The summed E-state index contributed by atoms with van der Waals surface area (Å²) in [7, 11) is 4.11. The molecule has 0 saturated heterocycles. The lowest BCUT2D eigenvalue weighted by molar-refractivity contribution is -0.192. The smallest absolute Gasteiger partial charge is 0.490 e. The number of nitrogens with zero attached hydrogens (tertiary/aromatic N) is 1. The van der Waals surface area contributed by atoms with Crippen molar-refractivity contribution in [1.29, 1.82) is 0 Å². The summed E-state index contributed by atoms with van der Waals surface area (Å²) in [4.78, 5) is 11.0. The number of likely N-dealkylation sites (N-methyl/N-ethyl adjacent to an activating group) is 1. The molecule has 0 aliphatic heterocycles. The minimum Gasteiger partial charge on any atom is -0.492 e. The summed E-state index contributed by atoms with van der Waals surface area (Å²) < 4.78 is 37.5. The third kappa shape index (κ3) is 11.2. The highest BCUT2D eigenvalue weighted by Gasteiger charge is 2.38. The molecule has 1 N–H and O–H groups in total. The van der Waals surface area contributed by atoms with Gasteiger partial charge in [0.2, 0.25) is 0 Å². The zero-order valence-corrected chi connectivity index (χ0v) is 18.2. The summed E-state index contributed by atoms with van der Waals surface area (Å²) in [5, 5.41) is 7.12. The van der Waals surface area contributed by atoms with E-state index in [-0.39, 0.29) is 0 Å². The van der Waals surface area contributed by atoms with Crippen LogP contribution >= 0.6 is 0 Å². The van der Waals surface area contributed by atoms with E-state index >= 15 is 0 Å². The van der Waals surface area contributed by atoms with Crippen LogP contribution in [0, 0.1) is 0 Å². The molecular weight excluding hydrogens is 407 g/mol. The summed E-state index contributed by atoms with van der Waals surface area (Å²) in [5.41, 5.74) is 3.95. The van der Waals surface area contributed by atoms with E-state index < -0.39 is 12.1 Å². The number of carbonyl (C=O) groups is 1. The van der Waals surface area contributed by atoms with Gasteiger partial charge in [-0.1, -0.05) is 61.9 Å². The van der Waals surface area contributed by atoms with Crippen LogP contribution in [0.1, 0.15) is 37.3 Å². The van der Waals surface area contributed by atoms with E-state index in [4.69, 9.17) is 14.6 Å². The predicted octanol–water partition coefficient (Wildman–Crippen LogP) is 5.99. The highest BCUT2D eigenvalue weighted by molar-refractivity contribution is 5.81. The molecule has 0 amide bonds. The van der Waals surface area contributed by atoms with E-state index in [0.29, 0.717) is 6.61 Å². The second kappa shape index (κ2) is 13.5. The minimum absolute atomic E-state index is 0.716. The molecule has 2 aromatic carbocycles. The fourth-order valence-corrected chi connectivity index (χ4v) is 2.53. The van der Waals surface area contributed by atoms with Gasteiger partial charge in [-0.15, -0.1) is 0 Å². The van der Waals surface area contributed by atoms with Crippen LogP contribution in [0.4, 0.5) is 13.2 Å². The number of unbranched alkanes of at least 4 members (excludes halogenated alkanes) is 1. The molecule has 0 aromatic heterocycles. The van der Waals surface area contributed by atoms with Gasteiger partial charge in [0.15, 0.2) is 0 Å². The Morgan fingerprint density at radius 3 is 2.13 bits per heavy atom. The van der Waals surface area contributed by atoms with Gasteiger partial charge in [-0.25, -0.2) is 4.79 Å². The van der Waals surface area contributed by atoms with E-state index in [9.17, 15) is 13.2 Å². The Kier molecular flexibility index (Phi) is 11.4. The van der Waals surface area contributed by atoms with Gasteiger partial charge in [-0.05, 0) is 55.8 Å². The Morgan fingerprint density at radius 1 is 1.06 bits per heavy atom. The average Bonchev–Trinajstić information content (AvgIpc) is 2.72. The zero-order chi connectivity index (χ0) is 23.3. The molecule has 7 heteroatoms. The Labute approximate surface area is 182 Å². The molecule has 0 spiro atoms. The summed E-state index contributed by atoms with van der Waals surface area (Å²) in [6.45, 7) is 3.88. The third-order valence-corrected chi connectivity index (χ3v) is 4.21. The molecule has 4 nitrogen and oxygen atoms in total. The van der Waals surface area contributed by atoms with Crippen molar-refractivity contribution in [2.45, 2.75) is 32.4 Å². The largest absolute Gasteiger partial charge is 0.492 e. The first-order chi connectivity index (χ1) is 14.6. The summed E-state index contributed by atoms with van der Waals surface area (Å²) in [6.07, 6.45) is 0.755. The van der Waals surface area contributed by atoms with Crippen LogP contribution in [0.25, 0.3) is 11.6 Å². The van der Waals surface area contributed by atoms with E-state index in [0.717, 1.165) is 18.7 Å². The molecule has 170 valence electrons. The Balaban J connectivity index is 0.000000592. The second-order valence-corrected chi connectivity index (χ2v) is 7.16. The molecular formula is C24H30F3NO3. The summed E-state index contributed by atoms with van der Waals surface area (Å²) >= 11 is 0. The fraction of sp³-hybridized carbons (Fsp3) is 0.375. The first kappa shape index (κ1) is 26.2. The van der Waals surface area contributed by atoms with Crippen LogP contribution in [0.2, 0.25) is 0 Å². The first-order valence-corrected chi connectivity index (χ1v) is 10.1. The second-order valence-electron chi connectivity index (χ2n) is 7.16. The lowest BCUT2D eigenvalue weighted by Crippen LogP contribution is -2.21. The lowest BCUT2D eigenvalue weighted by atomic mass is 9.98. The first-order valence-electron chi connectivity index (χ1n) is 10.1. The number of carboxylic acids is 1. The maximum atomic E-state index is 10.6. The van der Waals surface area contributed by atoms with Gasteiger partial charge in [0.25, 0.3) is 0 Å². The van der Waals surface area contributed by atoms with E-state index in [1.54, 1.807) is 0 Å². The van der Waals surface area contributed by atoms with Crippen LogP contribution in [0.15, 0.2) is 54.6 Å². The number of alkyl halides is 3. The number of carboxylic acid groups (broad SMARTS) is 1. The van der Waals surface area contributed by atoms with Gasteiger partial charge in [0, 0.05) is 6.54 Å². The Hall–Kier alpha value is -2.80. The van der Waals surface area contributed by atoms with Gasteiger partial charge in [0.05, 0.1) is 0 Å². The molecule has 0 radical (unpaired) electrons. The van der Waals surface area contributed by atoms with Gasteiger partial charge in [0.1, 0.15) is 12.4 Å². The number of ether oxygens (including phenoxy) is 1. The highest BCUT2D eigenvalue weighted by Crippen LogP contribution is 2.24.